The van der Waals surface area contributed by atoms with Gasteiger partial charge in [0.2, 0.25) is 0 Å². The first kappa shape index (κ1) is 18.8. The Bertz CT molecular complexity index is 1040. The van der Waals surface area contributed by atoms with Gasteiger partial charge in [0.05, 0.1) is 20.1 Å². The minimum atomic E-state index is 0.687. The third kappa shape index (κ3) is 4.16. The fraction of sp³-hybridized carbons (Fsp3) is 0.120. The average Bonchev–Trinajstić information content (AvgIpc) is 3.29. The van der Waals surface area contributed by atoms with Crippen molar-refractivity contribution in [3.05, 3.63) is 119 Å². The number of rotatable bonds is 7. The van der Waals surface area contributed by atoms with Crippen LogP contribution in [0.15, 0.2) is 85.2 Å². The average molecular weight is 383 g/mol. The van der Waals surface area contributed by atoms with Crippen LogP contribution in [-0.4, -0.2) is 24.2 Å². The van der Waals surface area contributed by atoms with Gasteiger partial charge in [0.1, 0.15) is 17.3 Å². The second-order valence-corrected chi connectivity index (χ2v) is 6.71. The summed E-state index contributed by atoms with van der Waals surface area (Å²) in [6.45, 7) is 0. The zero-order valence-electron chi connectivity index (χ0n) is 16.6. The molecule has 4 heteroatoms. The van der Waals surface area contributed by atoms with Gasteiger partial charge >= 0.3 is 0 Å². The molecule has 0 aliphatic carbocycles. The minimum Gasteiger partial charge on any atom is -0.497 e. The third-order valence-corrected chi connectivity index (χ3v) is 4.94. The maximum atomic E-state index is 5.49. The molecule has 0 aliphatic heterocycles. The first-order valence-corrected chi connectivity index (χ1v) is 9.51. The first-order chi connectivity index (χ1) is 14.3. The maximum absolute atomic E-state index is 5.49. The lowest BCUT2D eigenvalue weighted by Gasteiger charge is -2.22. The van der Waals surface area contributed by atoms with E-state index in [0.29, 0.717) is 6.42 Å². The summed E-state index contributed by atoms with van der Waals surface area (Å²) in [6.07, 6.45) is 4.31. The molecule has 29 heavy (non-hydrogen) atoms. The molecule has 0 saturated heterocycles. The SMILES string of the molecule is COc1ccc([C](c2ccccc2)c2ccc(OC)cc2Cc2ncc[nH]2)cc1. The number of ether oxygens (including phenoxy) is 2. The Morgan fingerprint density at radius 2 is 1.52 bits per heavy atom. The summed E-state index contributed by atoms with van der Waals surface area (Å²) in [7, 11) is 3.37. The molecule has 0 unspecified atom stereocenters. The molecule has 3 aromatic carbocycles. The second kappa shape index (κ2) is 8.65. The van der Waals surface area contributed by atoms with E-state index < -0.39 is 0 Å². The van der Waals surface area contributed by atoms with Crippen LogP contribution in [0.25, 0.3) is 0 Å². The van der Waals surface area contributed by atoms with Crippen molar-refractivity contribution in [3.63, 3.8) is 0 Å². The maximum Gasteiger partial charge on any atom is 0.119 e. The van der Waals surface area contributed by atoms with Crippen molar-refractivity contribution in [1.29, 1.82) is 0 Å². The zero-order valence-corrected chi connectivity index (χ0v) is 16.6. The van der Waals surface area contributed by atoms with Crippen LogP contribution in [0.1, 0.15) is 28.1 Å². The van der Waals surface area contributed by atoms with E-state index in [1.54, 1.807) is 20.4 Å². The van der Waals surface area contributed by atoms with Gasteiger partial charge in [-0.05, 0) is 46.5 Å². The number of hydrogen-bond donors (Lipinski definition) is 1. The lowest BCUT2D eigenvalue weighted by atomic mass is 9.82. The number of nitrogens with one attached hydrogen (secondary N) is 1. The predicted octanol–water partition coefficient (Wildman–Crippen LogP) is 5.04. The summed E-state index contributed by atoms with van der Waals surface area (Å²) < 4.78 is 10.8. The van der Waals surface area contributed by atoms with Gasteiger partial charge < -0.3 is 14.5 Å². The number of aromatic nitrogens is 2. The Labute approximate surface area is 171 Å². The number of methoxy groups -OCH3 is 2. The van der Waals surface area contributed by atoms with Crippen molar-refractivity contribution in [2.24, 2.45) is 0 Å². The summed E-state index contributed by atoms with van der Waals surface area (Å²) in [4.78, 5) is 7.62. The van der Waals surface area contributed by atoms with Gasteiger partial charge in [0.25, 0.3) is 0 Å². The quantitative estimate of drug-likeness (QED) is 0.455. The van der Waals surface area contributed by atoms with E-state index in [-0.39, 0.29) is 0 Å². The Morgan fingerprint density at radius 3 is 2.17 bits per heavy atom. The molecule has 0 saturated carbocycles. The zero-order chi connectivity index (χ0) is 20.1. The van der Waals surface area contributed by atoms with E-state index in [0.717, 1.165) is 45.5 Å². The van der Waals surface area contributed by atoms with Crippen LogP contribution in [0.4, 0.5) is 0 Å². The van der Waals surface area contributed by atoms with Gasteiger partial charge in [-0.15, -0.1) is 0 Å². The molecular weight excluding hydrogens is 360 g/mol. The van der Waals surface area contributed by atoms with Crippen molar-refractivity contribution in [2.45, 2.75) is 6.42 Å². The standard InChI is InChI=1S/C25H23N2O2/c1-28-21-10-8-19(9-11-21)25(18-6-4-3-5-7-18)23-13-12-22(29-2)16-20(23)17-24-26-14-15-27-24/h3-16H,17H2,1-2H3,(H,26,27). The first-order valence-electron chi connectivity index (χ1n) is 9.51. The fourth-order valence-electron chi connectivity index (χ4n) is 3.50. The summed E-state index contributed by atoms with van der Waals surface area (Å²) in [5.74, 6) is 3.75. The number of hydrogen-bond acceptors (Lipinski definition) is 3. The Hall–Kier alpha value is -3.53. The van der Waals surface area contributed by atoms with Crippen molar-refractivity contribution in [1.82, 2.24) is 9.97 Å². The molecular formula is C25H23N2O2. The Kier molecular flexibility index (Phi) is 5.61. The molecule has 4 aromatic rings. The van der Waals surface area contributed by atoms with E-state index >= 15 is 0 Å². The third-order valence-electron chi connectivity index (χ3n) is 4.94. The molecule has 0 spiro atoms. The van der Waals surface area contributed by atoms with Crippen molar-refractivity contribution >= 4 is 0 Å². The molecule has 1 N–H and O–H groups in total. The number of nitrogens with zero attached hydrogens (tertiary/aromatic N) is 1. The van der Waals surface area contributed by atoms with Gasteiger partial charge in [-0.25, -0.2) is 4.98 Å². The van der Waals surface area contributed by atoms with Gasteiger partial charge in [-0.3, -0.25) is 0 Å². The highest BCUT2D eigenvalue weighted by molar-refractivity contribution is 5.61. The molecule has 0 atom stereocenters. The molecule has 0 bridgehead atoms. The van der Waals surface area contributed by atoms with Crippen LogP contribution in [0, 0.1) is 5.92 Å². The highest BCUT2D eigenvalue weighted by Gasteiger charge is 2.22. The summed E-state index contributed by atoms with van der Waals surface area (Å²) in [5, 5.41) is 0. The van der Waals surface area contributed by atoms with Crippen LogP contribution >= 0.6 is 0 Å². The van der Waals surface area contributed by atoms with E-state index in [1.807, 2.05) is 30.5 Å². The van der Waals surface area contributed by atoms with Gasteiger partial charge in [-0.1, -0.05) is 48.5 Å². The summed E-state index contributed by atoms with van der Waals surface area (Å²) in [5.41, 5.74) is 4.58. The lowest BCUT2D eigenvalue weighted by molar-refractivity contribution is 0.414. The Balaban J connectivity index is 1.85. The predicted molar refractivity (Wildman–Crippen MR) is 114 cm³/mol. The van der Waals surface area contributed by atoms with Crippen molar-refractivity contribution < 1.29 is 9.47 Å². The van der Waals surface area contributed by atoms with Gasteiger partial charge in [0.15, 0.2) is 0 Å². The Morgan fingerprint density at radius 1 is 0.828 bits per heavy atom. The molecule has 1 aromatic heterocycles. The molecule has 0 fully saturated rings. The second-order valence-electron chi connectivity index (χ2n) is 6.71. The minimum absolute atomic E-state index is 0.687. The van der Waals surface area contributed by atoms with Gasteiger partial charge in [-0.2, -0.15) is 0 Å². The monoisotopic (exact) mass is 383 g/mol. The molecule has 1 radical (unpaired) electrons. The molecule has 145 valence electrons. The van der Waals surface area contributed by atoms with E-state index in [2.05, 4.69) is 58.5 Å². The van der Waals surface area contributed by atoms with E-state index in [9.17, 15) is 0 Å². The van der Waals surface area contributed by atoms with Crippen LogP contribution in [-0.2, 0) is 6.42 Å². The fourth-order valence-corrected chi connectivity index (χ4v) is 3.50. The van der Waals surface area contributed by atoms with Crippen LogP contribution in [0.5, 0.6) is 11.5 Å². The number of imidazole rings is 1. The highest BCUT2D eigenvalue weighted by atomic mass is 16.5. The van der Waals surface area contributed by atoms with Crippen LogP contribution in [0.2, 0.25) is 0 Å². The molecule has 4 rings (SSSR count). The molecule has 0 amide bonds. The molecule has 1 heterocycles. The smallest absolute Gasteiger partial charge is 0.119 e. The van der Waals surface area contributed by atoms with Crippen molar-refractivity contribution in [3.8, 4) is 11.5 Å². The van der Waals surface area contributed by atoms with E-state index in [4.69, 9.17) is 9.47 Å². The normalized spacial score (nSPS) is 10.9. The largest absolute Gasteiger partial charge is 0.497 e. The van der Waals surface area contributed by atoms with Crippen molar-refractivity contribution in [2.75, 3.05) is 14.2 Å². The lowest BCUT2D eigenvalue weighted by Crippen LogP contribution is -2.09. The number of H-pyrrole nitrogens is 1. The molecule has 0 aliphatic rings. The summed E-state index contributed by atoms with van der Waals surface area (Å²) in [6, 6.07) is 24.9. The topological polar surface area (TPSA) is 47.1 Å². The summed E-state index contributed by atoms with van der Waals surface area (Å²) >= 11 is 0. The number of aromatic amines is 1. The van der Waals surface area contributed by atoms with E-state index in [1.165, 1.54) is 0 Å². The van der Waals surface area contributed by atoms with Gasteiger partial charge in [0, 0.05) is 18.8 Å². The molecule has 4 nitrogen and oxygen atoms in total. The highest BCUT2D eigenvalue weighted by Crippen LogP contribution is 2.35. The van der Waals surface area contributed by atoms with Crippen LogP contribution < -0.4 is 9.47 Å². The van der Waals surface area contributed by atoms with Crippen LogP contribution in [0.3, 0.4) is 0 Å². The number of benzene rings is 3.